The Morgan fingerprint density at radius 1 is 1.41 bits per heavy atom. The first-order chi connectivity index (χ1) is 7.85. The van der Waals surface area contributed by atoms with Crippen LogP contribution in [0, 0.1) is 11.3 Å². The van der Waals surface area contributed by atoms with Gasteiger partial charge in [0, 0.05) is 12.5 Å². The summed E-state index contributed by atoms with van der Waals surface area (Å²) in [6.07, 6.45) is 4.00. The van der Waals surface area contributed by atoms with Crippen molar-refractivity contribution in [3.05, 3.63) is 0 Å². The Morgan fingerprint density at radius 3 is 2.53 bits per heavy atom. The molecule has 1 N–H and O–H groups in total. The van der Waals surface area contributed by atoms with Crippen LogP contribution in [-0.2, 0) is 9.59 Å². The highest BCUT2D eigenvalue weighted by Gasteiger charge is 2.34. The fraction of sp³-hybridized carbons (Fsp3) is 0.846. The lowest BCUT2D eigenvalue weighted by atomic mass is 9.72. The third-order valence-corrected chi connectivity index (χ3v) is 3.57. The number of carboxylic acid groups (broad SMARTS) is 1. The van der Waals surface area contributed by atoms with Crippen LogP contribution < -0.4 is 0 Å². The van der Waals surface area contributed by atoms with Crippen molar-refractivity contribution in [3.63, 3.8) is 0 Å². The minimum absolute atomic E-state index is 0.0121. The van der Waals surface area contributed by atoms with Crippen molar-refractivity contribution < 1.29 is 14.7 Å². The van der Waals surface area contributed by atoms with Gasteiger partial charge in [0.2, 0.25) is 5.91 Å². The lowest BCUT2D eigenvalue weighted by molar-refractivity contribution is -0.147. The molecule has 1 atom stereocenters. The number of aliphatic carboxylic acids is 1. The third-order valence-electron chi connectivity index (χ3n) is 3.57. The highest BCUT2D eigenvalue weighted by molar-refractivity contribution is 5.83. The number of carboxylic acids is 1. The Bertz CT molecular complexity index is 299. The van der Waals surface area contributed by atoms with Crippen molar-refractivity contribution in [1.82, 2.24) is 4.90 Å². The van der Waals surface area contributed by atoms with E-state index in [1.165, 1.54) is 4.90 Å². The van der Waals surface area contributed by atoms with Crippen molar-refractivity contribution >= 4 is 11.9 Å². The van der Waals surface area contributed by atoms with Crippen LogP contribution in [0.25, 0.3) is 0 Å². The van der Waals surface area contributed by atoms with Gasteiger partial charge in [-0.25, -0.2) is 0 Å². The van der Waals surface area contributed by atoms with Gasteiger partial charge in [0.25, 0.3) is 0 Å². The summed E-state index contributed by atoms with van der Waals surface area (Å²) in [4.78, 5) is 24.4. The molecule has 0 aromatic rings. The third kappa shape index (κ3) is 4.02. The molecule has 0 bridgehead atoms. The normalized spacial score (nSPS) is 23.1. The fourth-order valence-corrected chi connectivity index (χ4v) is 2.68. The molecule has 1 unspecified atom stereocenters. The summed E-state index contributed by atoms with van der Waals surface area (Å²) in [6.45, 7) is 6.49. The molecule has 4 heteroatoms. The smallest absolute Gasteiger partial charge is 0.323 e. The summed E-state index contributed by atoms with van der Waals surface area (Å²) < 4.78 is 0. The number of hydrogen-bond donors (Lipinski definition) is 1. The second-order valence-electron chi connectivity index (χ2n) is 5.70. The average molecular weight is 241 g/mol. The van der Waals surface area contributed by atoms with Gasteiger partial charge in [0.15, 0.2) is 0 Å². The number of amides is 1. The maximum atomic E-state index is 12.2. The van der Waals surface area contributed by atoms with Gasteiger partial charge in [-0.15, -0.1) is 0 Å². The monoisotopic (exact) mass is 241 g/mol. The van der Waals surface area contributed by atoms with E-state index in [0.717, 1.165) is 25.7 Å². The van der Waals surface area contributed by atoms with Gasteiger partial charge in [-0.2, -0.15) is 0 Å². The average Bonchev–Trinajstić information content (AvgIpc) is 2.23. The van der Waals surface area contributed by atoms with Gasteiger partial charge >= 0.3 is 5.97 Å². The second-order valence-corrected chi connectivity index (χ2v) is 5.70. The number of rotatable bonds is 4. The second kappa shape index (κ2) is 5.52. The standard InChI is InChI=1S/C13H23NO3/c1-4-14(9-11(15)16)12(17)10-6-5-7-13(2,3)8-10/h10H,4-9H2,1-3H3,(H,15,16). The van der Waals surface area contributed by atoms with Crippen LogP contribution in [0.3, 0.4) is 0 Å². The van der Waals surface area contributed by atoms with Crippen LogP contribution in [0.4, 0.5) is 0 Å². The molecule has 0 spiro atoms. The fourth-order valence-electron chi connectivity index (χ4n) is 2.68. The molecule has 1 aliphatic carbocycles. The molecule has 1 aliphatic rings. The minimum Gasteiger partial charge on any atom is -0.480 e. The predicted octanol–water partition coefficient (Wildman–Crippen LogP) is 2.14. The molecule has 17 heavy (non-hydrogen) atoms. The quantitative estimate of drug-likeness (QED) is 0.820. The van der Waals surface area contributed by atoms with Crippen molar-refractivity contribution in [3.8, 4) is 0 Å². The number of hydrogen-bond acceptors (Lipinski definition) is 2. The summed E-state index contributed by atoms with van der Waals surface area (Å²) in [7, 11) is 0. The highest BCUT2D eigenvalue weighted by atomic mass is 16.4. The summed E-state index contributed by atoms with van der Waals surface area (Å²) >= 11 is 0. The van der Waals surface area contributed by atoms with Gasteiger partial charge < -0.3 is 10.0 Å². The molecule has 0 heterocycles. The van der Waals surface area contributed by atoms with E-state index in [1.807, 2.05) is 6.92 Å². The molecule has 0 aromatic heterocycles. The van der Waals surface area contributed by atoms with E-state index in [0.29, 0.717) is 6.54 Å². The van der Waals surface area contributed by atoms with E-state index in [1.54, 1.807) is 0 Å². The van der Waals surface area contributed by atoms with Gasteiger partial charge in [-0.1, -0.05) is 20.3 Å². The first-order valence-corrected chi connectivity index (χ1v) is 6.36. The summed E-state index contributed by atoms with van der Waals surface area (Å²) in [5, 5.41) is 8.77. The van der Waals surface area contributed by atoms with Gasteiger partial charge in [-0.05, 0) is 31.6 Å². The molecular weight excluding hydrogens is 218 g/mol. The first-order valence-electron chi connectivity index (χ1n) is 6.36. The van der Waals surface area contributed by atoms with E-state index in [-0.39, 0.29) is 23.8 Å². The largest absolute Gasteiger partial charge is 0.480 e. The summed E-state index contributed by atoms with van der Waals surface area (Å²) in [5.74, 6) is -0.906. The van der Waals surface area contributed by atoms with Crippen molar-refractivity contribution in [2.24, 2.45) is 11.3 Å². The molecule has 4 nitrogen and oxygen atoms in total. The maximum Gasteiger partial charge on any atom is 0.323 e. The number of likely N-dealkylation sites (N-methyl/N-ethyl adjacent to an activating group) is 1. The van der Waals surface area contributed by atoms with Gasteiger partial charge in [0.1, 0.15) is 6.54 Å². The summed E-state index contributed by atoms with van der Waals surface area (Å²) in [6, 6.07) is 0. The highest BCUT2D eigenvalue weighted by Crippen LogP contribution is 2.39. The molecule has 0 radical (unpaired) electrons. The Labute approximate surface area is 103 Å². The molecule has 1 amide bonds. The van der Waals surface area contributed by atoms with Crippen LogP contribution in [0.15, 0.2) is 0 Å². The van der Waals surface area contributed by atoms with Gasteiger partial charge in [-0.3, -0.25) is 9.59 Å². The van der Waals surface area contributed by atoms with E-state index in [9.17, 15) is 9.59 Å². The zero-order valence-corrected chi connectivity index (χ0v) is 11.0. The summed E-state index contributed by atoms with van der Waals surface area (Å²) in [5.41, 5.74) is 0.210. The predicted molar refractivity (Wildman–Crippen MR) is 65.6 cm³/mol. The molecular formula is C13H23NO3. The maximum absolute atomic E-state index is 12.2. The molecule has 0 saturated heterocycles. The SMILES string of the molecule is CCN(CC(=O)O)C(=O)C1CCCC(C)(C)C1. The van der Waals surface area contributed by atoms with Crippen molar-refractivity contribution in [2.45, 2.75) is 46.5 Å². The Hall–Kier alpha value is -1.06. The molecule has 1 fully saturated rings. The molecule has 98 valence electrons. The number of carbonyl (C=O) groups is 2. The van der Waals surface area contributed by atoms with Crippen LogP contribution >= 0.6 is 0 Å². The number of nitrogens with zero attached hydrogens (tertiary/aromatic N) is 1. The van der Waals surface area contributed by atoms with Crippen LogP contribution in [0.2, 0.25) is 0 Å². The Kier molecular flexibility index (Phi) is 4.54. The molecule has 0 aliphatic heterocycles. The zero-order valence-electron chi connectivity index (χ0n) is 11.0. The van der Waals surface area contributed by atoms with Crippen LogP contribution in [0.1, 0.15) is 46.5 Å². The van der Waals surface area contributed by atoms with Gasteiger partial charge in [0.05, 0.1) is 0 Å². The Morgan fingerprint density at radius 2 is 2.06 bits per heavy atom. The van der Waals surface area contributed by atoms with Crippen molar-refractivity contribution in [1.29, 1.82) is 0 Å². The Balaban J connectivity index is 2.64. The minimum atomic E-state index is -0.935. The van der Waals surface area contributed by atoms with E-state index < -0.39 is 5.97 Å². The molecule has 1 rings (SSSR count). The topological polar surface area (TPSA) is 57.6 Å². The number of carbonyl (C=O) groups excluding carboxylic acids is 1. The molecule has 0 aromatic carbocycles. The molecule has 1 saturated carbocycles. The van der Waals surface area contributed by atoms with E-state index >= 15 is 0 Å². The first kappa shape index (κ1) is 14.0. The van der Waals surface area contributed by atoms with Crippen LogP contribution in [0.5, 0.6) is 0 Å². The van der Waals surface area contributed by atoms with Crippen molar-refractivity contribution in [2.75, 3.05) is 13.1 Å². The van der Waals surface area contributed by atoms with E-state index in [2.05, 4.69) is 13.8 Å². The lowest BCUT2D eigenvalue weighted by Gasteiger charge is -2.36. The van der Waals surface area contributed by atoms with E-state index in [4.69, 9.17) is 5.11 Å². The zero-order chi connectivity index (χ0) is 13.1. The lowest BCUT2D eigenvalue weighted by Crippen LogP contribution is -2.42. The van der Waals surface area contributed by atoms with Crippen LogP contribution in [-0.4, -0.2) is 35.0 Å².